The quantitative estimate of drug-likeness (QED) is 0.197. The van der Waals surface area contributed by atoms with Gasteiger partial charge in [-0.05, 0) is 57.4 Å². The molecule has 8 fully saturated rings. The molecule has 4 saturated heterocycles. The Morgan fingerprint density at radius 3 is 2.38 bits per heavy atom. The van der Waals surface area contributed by atoms with Crippen molar-refractivity contribution in [3.63, 3.8) is 0 Å². The van der Waals surface area contributed by atoms with E-state index in [-0.39, 0.29) is 29.9 Å². The minimum atomic E-state index is -3.14. The van der Waals surface area contributed by atoms with Crippen LogP contribution < -0.4 is 5.32 Å². The van der Waals surface area contributed by atoms with Gasteiger partial charge in [-0.3, -0.25) is 24.0 Å². The number of carbonyl (C=O) groups is 5. The third-order valence-corrected chi connectivity index (χ3v) is 18.0. The largest absolute Gasteiger partial charge is 0.500 e. The monoisotopic (exact) mass is 759 g/mol. The number of fused-ring (bicyclic) bond motifs is 5. The maximum absolute atomic E-state index is 16.5. The van der Waals surface area contributed by atoms with Gasteiger partial charge in [0, 0.05) is 35.1 Å². The lowest BCUT2D eigenvalue weighted by molar-refractivity contribution is -0.463. The van der Waals surface area contributed by atoms with E-state index in [4.69, 9.17) is 14.2 Å². The highest BCUT2D eigenvalue weighted by molar-refractivity contribution is 6.29. The molecule has 5 aliphatic heterocycles. The topological polar surface area (TPSA) is 206 Å². The highest BCUT2D eigenvalue weighted by atomic mass is 16.7. The lowest BCUT2D eigenvalue weighted by atomic mass is 9.31. The Morgan fingerprint density at radius 2 is 1.69 bits per heavy atom. The van der Waals surface area contributed by atoms with Gasteiger partial charge >= 0.3 is 0 Å². The molecule has 0 radical (unpaired) electrons. The normalized spacial score (nSPS) is 59.9. The molecule has 11 rings (SSSR count). The van der Waals surface area contributed by atoms with E-state index in [2.05, 4.69) is 19.2 Å². The number of carbonyl (C=O) groups excluding carboxylic acids is 5. The second-order valence-corrected chi connectivity index (χ2v) is 19.8. The zero-order chi connectivity index (χ0) is 39.3. The number of hydrogen-bond acceptors (Lipinski definition) is 12. The number of amides is 1. The van der Waals surface area contributed by atoms with Crippen molar-refractivity contribution in [1.29, 1.82) is 0 Å². The summed E-state index contributed by atoms with van der Waals surface area (Å²) in [4.78, 5) is 77.3. The van der Waals surface area contributed by atoms with Crippen LogP contribution in [-0.4, -0.2) is 104 Å². The van der Waals surface area contributed by atoms with Crippen molar-refractivity contribution in [2.75, 3.05) is 6.61 Å². The van der Waals surface area contributed by atoms with E-state index in [0.29, 0.717) is 12.8 Å². The first-order valence-corrected chi connectivity index (χ1v) is 20.1. The number of rotatable bonds is 2. The molecule has 19 atom stereocenters. The number of ketones is 4. The minimum absolute atomic E-state index is 0.0618. The Hall–Kier alpha value is -3.07. The Morgan fingerprint density at radius 1 is 0.982 bits per heavy atom. The van der Waals surface area contributed by atoms with Crippen molar-refractivity contribution in [2.24, 2.45) is 68.5 Å². The summed E-state index contributed by atoms with van der Waals surface area (Å²) in [7, 11) is 0. The number of hydrogen-bond donors (Lipinski definition) is 5. The van der Waals surface area contributed by atoms with Gasteiger partial charge in [-0.25, -0.2) is 0 Å². The molecule has 294 valence electrons. The smallest absolute Gasteiger partial charge is 0.235 e. The molecular weight excluding hydrogens is 710 g/mol. The van der Waals surface area contributed by atoms with Gasteiger partial charge in [0.15, 0.2) is 34.3 Å². The number of aliphatic hydroxyl groups is 4. The third-order valence-electron chi connectivity index (χ3n) is 18.0. The first-order valence-electron chi connectivity index (χ1n) is 20.1. The summed E-state index contributed by atoms with van der Waals surface area (Å²) in [6.07, 6.45) is 0.294. The van der Waals surface area contributed by atoms with Crippen LogP contribution in [-0.2, 0) is 38.2 Å². The Balaban J connectivity index is 1.26. The van der Waals surface area contributed by atoms with Crippen molar-refractivity contribution in [3.8, 4) is 0 Å². The van der Waals surface area contributed by atoms with Crippen LogP contribution in [0.2, 0.25) is 0 Å². The standard InChI is InChI=1S/C42H49NO12/c1-15(2)10-21-26-18(5)17(4)12-20-11-16(3)8-9-22(44)27-24-25(29(46)37(20,26)34(49)43-21)30-38-19(6)28(45)41(51)35(7)23-13-53-14-36(23,38)33(48)39(50,32(35)47)40(38,31(24)54-30)42(41,52)55-27/h11-13,15,18-22,24-27,30-31,44,50-52H,8-10,14H2,1-7H3,(H,43,49)/t18-,19-,20+,21+,22+,24-,25-,26+,27-,30+,31-,35-,36+,37+,38?,39+,40?,41-,42+/m1/s1. The zero-order valence-electron chi connectivity index (χ0n) is 32.0. The average molecular weight is 760 g/mol. The second kappa shape index (κ2) is 9.45. The molecule has 3 spiro atoms. The van der Waals surface area contributed by atoms with E-state index in [1.165, 1.54) is 20.1 Å². The maximum atomic E-state index is 16.5. The van der Waals surface area contributed by atoms with Crippen LogP contribution in [0.15, 0.2) is 35.1 Å². The van der Waals surface area contributed by atoms with Crippen LogP contribution in [0.3, 0.4) is 0 Å². The fraction of sp³-hybridized carbons (Fsp3) is 0.738. The number of nitrogens with one attached hydrogen (secondary N) is 1. The van der Waals surface area contributed by atoms with E-state index in [0.717, 1.165) is 11.1 Å². The predicted molar refractivity (Wildman–Crippen MR) is 187 cm³/mol. The zero-order valence-corrected chi connectivity index (χ0v) is 32.0. The summed E-state index contributed by atoms with van der Waals surface area (Å²) in [5, 5.41) is 55.2. The maximum Gasteiger partial charge on any atom is 0.235 e. The molecule has 5 N–H and O–H groups in total. The number of aliphatic hydroxyl groups excluding tert-OH is 1. The molecule has 0 aromatic carbocycles. The van der Waals surface area contributed by atoms with Gasteiger partial charge < -0.3 is 40.0 Å². The Labute approximate surface area is 317 Å². The summed E-state index contributed by atoms with van der Waals surface area (Å²) in [5.41, 5.74) is -14.9. The summed E-state index contributed by atoms with van der Waals surface area (Å²) < 4.78 is 19.7. The molecule has 11 aliphatic rings. The number of allylic oxidation sites excluding steroid dienone is 4. The molecule has 4 saturated carbocycles. The molecule has 0 aromatic heterocycles. The van der Waals surface area contributed by atoms with E-state index < -0.39 is 134 Å². The van der Waals surface area contributed by atoms with Crippen LogP contribution in [0, 0.1) is 68.5 Å². The molecule has 55 heavy (non-hydrogen) atoms. The molecule has 13 nitrogen and oxygen atoms in total. The van der Waals surface area contributed by atoms with E-state index in [1.807, 2.05) is 32.9 Å². The number of Topliss-reactive ketones (excluding diaryl/α,β-unsaturated/α-hetero) is 4. The van der Waals surface area contributed by atoms with Gasteiger partial charge in [0.25, 0.3) is 0 Å². The van der Waals surface area contributed by atoms with Gasteiger partial charge in [-0.15, -0.1) is 0 Å². The van der Waals surface area contributed by atoms with Crippen molar-refractivity contribution in [1.82, 2.24) is 5.32 Å². The molecule has 6 aliphatic carbocycles. The third kappa shape index (κ3) is 2.71. The average Bonchev–Trinajstić information content (AvgIpc) is 3.90. The molecule has 13 heteroatoms. The lowest BCUT2D eigenvalue weighted by Gasteiger charge is -2.74. The Bertz CT molecular complexity index is 2110. The molecular formula is C42H49NO12. The van der Waals surface area contributed by atoms with Gasteiger partial charge in [0.1, 0.15) is 22.9 Å². The van der Waals surface area contributed by atoms with Gasteiger partial charge in [-0.2, -0.15) is 0 Å². The van der Waals surface area contributed by atoms with Crippen molar-refractivity contribution in [2.45, 2.75) is 115 Å². The van der Waals surface area contributed by atoms with Crippen LogP contribution in [0.5, 0.6) is 0 Å². The summed E-state index contributed by atoms with van der Waals surface area (Å²) in [6.45, 7) is 12.4. The fourth-order valence-corrected chi connectivity index (χ4v) is 16.4. The lowest BCUT2D eigenvalue weighted by Crippen LogP contribution is -2.96. The fourth-order valence-electron chi connectivity index (χ4n) is 16.4. The van der Waals surface area contributed by atoms with Gasteiger partial charge in [0.05, 0.1) is 42.0 Å². The SMILES string of the molecule is CC1=C[C@H]2C=C(C)[C@@H](C)[C@H]3[C@H](CC(C)C)NC(=O)[C@@]23C(=O)[C@H]2[C@@H]3[C@H](O[C@@]4(O)C56[C@@H]3O[C@@H]2C52[C@H](C)C(=O)[C@@]4(O)[C@@]3(C)C(=O)[C@]6(O)C(=O)[C@@]24COC=C43)[C@@H](O)CC1. The van der Waals surface area contributed by atoms with Crippen LogP contribution in [0.4, 0.5) is 0 Å². The van der Waals surface area contributed by atoms with Crippen molar-refractivity contribution >= 4 is 29.0 Å². The predicted octanol–water partition coefficient (Wildman–Crippen LogP) is 0.856. The van der Waals surface area contributed by atoms with E-state index in [1.54, 1.807) is 0 Å². The molecule has 0 aromatic rings. The van der Waals surface area contributed by atoms with Crippen LogP contribution >= 0.6 is 0 Å². The second-order valence-electron chi connectivity index (χ2n) is 19.8. The summed E-state index contributed by atoms with van der Waals surface area (Å²) >= 11 is 0. The highest BCUT2D eigenvalue weighted by Crippen LogP contribution is 2.95. The van der Waals surface area contributed by atoms with Gasteiger partial charge in [0.2, 0.25) is 11.7 Å². The molecule has 1 amide bonds. The highest BCUT2D eigenvalue weighted by Gasteiger charge is 3.12. The summed E-state index contributed by atoms with van der Waals surface area (Å²) in [5.74, 6) is -12.3. The van der Waals surface area contributed by atoms with E-state index in [9.17, 15) is 20.4 Å². The Kier molecular flexibility index (Phi) is 6.03. The van der Waals surface area contributed by atoms with Crippen molar-refractivity contribution in [3.05, 3.63) is 35.1 Å². The van der Waals surface area contributed by atoms with E-state index >= 15 is 24.0 Å². The first kappa shape index (κ1) is 35.1. The van der Waals surface area contributed by atoms with Crippen LogP contribution in [0.25, 0.3) is 0 Å². The molecule has 5 heterocycles. The van der Waals surface area contributed by atoms with Gasteiger partial charge in [-0.1, -0.05) is 51.0 Å². The number of ether oxygens (including phenoxy) is 3. The molecule has 2 unspecified atom stereocenters. The van der Waals surface area contributed by atoms with Crippen molar-refractivity contribution < 1.29 is 58.6 Å². The van der Waals surface area contributed by atoms with Crippen LogP contribution in [0.1, 0.15) is 67.7 Å². The summed E-state index contributed by atoms with van der Waals surface area (Å²) in [6, 6.07) is -0.364. The first-order chi connectivity index (χ1) is 25.7. The minimum Gasteiger partial charge on any atom is -0.500 e. The molecule has 7 bridgehead atoms.